The van der Waals surface area contributed by atoms with Crippen molar-refractivity contribution in [3.05, 3.63) is 99.9 Å². The van der Waals surface area contributed by atoms with Gasteiger partial charge in [-0.2, -0.15) is 0 Å². The fourth-order valence-corrected chi connectivity index (χ4v) is 5.58. The Labute approximate surface area is 215 Å². The molecule has 0 aliphatic rings. The third-order valence-corrected chi connectivity index (χ3v) is 7.98. The third-order valence-electron chi connectivity index (χ3n) is 5.84. The van der Waals surface area contributed by atoms with Gasteiger partial charge in [0.25, 0.3) is 10.0 Å². The Morgan fingerprint density at radius 1 is 1.05 bits per heavy atom. The molecular weight excluding hydrogens is 521 g/mol. The van der Waals surface area contributed by atoms with E-state index in [-0.39, 0.29) is 33.3 Å². The Kier molecular flexibility index (Phi) is 6.22. The molecule has 0 fully saturated rings. The van der Waals surface area contributed by atoms with Gasteiger partial charge in [0.1, 0.15) is 23.5 Å². The summed E-state index contributed by atoms with van der Waals surface area (Å²) in [7, 11) is -3.04. The number of methoxy groups -OCH3 is 1. The van der Waals surface area contributed by atoms with Crippen molar-refractivity contribution in [2.45, 2.75) is 11.8 Å². The number of hydrogen-bond acceptors (Lipinski definition) is 6. The van der Waals surface area contributed by atoms with E-state index in [4.69, 9.17) is 20.9 Å². The van der Waals surface area contributed by atoms with E-state index >= 15 is 4.39 Å². The fraction of sp³-hybridized carbons (Fsp3) is 0.0769. The minimum absolute atomic E-state index is 0.0767. The molecule has 0 bridgehead atoms. The predicted molar refractivity (Wildman–Crippen MR) is 139 cm³/mol. The van der Waals surface area contributed by atoms with Crippen LogP contribution in [0.1, 0.15) is 5.56 Å². The van der Waals surface area contributed by atoms with Gasteiger partial charge in [-0.25, -0.2) is 17.1 Å². The molecule has 0 aliphatic heterocycles. The van der Waals surface area contributed by atoms with Gasteiger partial charge in [-0.3, -0.25) is 4.79 Å². The molecule has 5 rings (SSSR count). The number of nitrogens with zero attached hydrogens (tertiary/aromatic N) is 2. The maximum atomic E-state index is 15.5. The second kappa shape index (κ2) is 9.38. The average molecular weight is 540 g/mol. The number of hydrogen-bond donors (Lipinski definition) is 1. The van der Waals surface area contributed by atoms with Crippen LogP contribution in [-0.4, -0.2) is 25.7 Å². The number of sulfonamides is 1. The quantitative estimate of drug-likeness (QED) is 0.291. The van der Waals surface area contributed by atoms with E-state index in [9.17, 15) is 13.2 Å². The van der Waals surface area contributed by atoms with Crippen molar-refractivity contribution in [2.24, 2.45) is 0 Å². The molecule has 8 nitrogen and oxygen atoms in total. The van der Waals surface area contributed by atoms with Gasteiger partial charge in [-0.1, -0.05) is 28.9 Å². The van der Waals surface area contributed by atoms with Crippen molar-refractivity contribution >= 4 is 43.9 Å². The van der Waals surface area contributed by atoms with Crippen molar-refractivity contribution in [1.29, 1.82) is 0 Å². The first-order valence-electron chi connectivity index (χ1n) is 10.9. The van der Waals surface area contributed by atoms with Crippen molar-refractivity contribution in [3.8, 4) is 16.9 Å². The van der Waals surface area contributed by atoms with E-state index in [1.54, 1.807) is 31.2 Å². The number of benzene rings is 3. The van der Waals surface area contributed by atoms with Crippen LogP contribution in [0.5, 0.6) is 5.75 Å². The van der Waals surface area contributed by atoms with Gasteiger partial charge in [0.15, 0.2) is 5.82 Å². The topological polar surface area (TPSA) is 106 Å². The summed E-state index contributed by atoms with van der Waals surface area (Å²) < 4.78 is 54.7. The fourth-order valence-electron chi connectivity index (χ4n) is 3.99. The number of pyridine rings is 1. The molecule has 3 aromatic carbocycles. The van der Waals surface area contributed by atoms with Crippen LogP contribution in [0, 0.1) is 12.7 Å². The number of anilines is 2. The molecule has 2 aromatic heterocycles. The summed E-state index contributed by atoms with van der Waals surface area (Å²) in [4.78, 5) is 14.2. The number of aromatic nitrogens is 2. The molecule has 5 aromatic rings. The Bertz CT molecular complexity index is 1800. The molecule has 1 N–H and O–H groups in total. The Morgan fingerprint density at radius 2 is 1.86 bits per heavy atom. The summed E-state index contributed by atoms with van der Waals surface area (Å²) in [5.41, 5.74) is 0.993. The molecule has 11 heteroatoms. The highest BCUT2D eigenvalue weighted by atomic mass is 35.5. The highest BCUT2D eigenvalue weighted by molar-refractivity contribution is 7.93. The normalized spacial score (nSPS) is 11.6. The third kappa shape index (κ3) is 4.45. The van der Waals surface area contributed by atoms with Crippen molar-refractivity contribution < 1.29 is 22.1 Å². The van der Waals surface area contributed by atoms with Crippen LogP contribution < -0.4 is 14.6 Å². The SMILES string of the molecule is COc1cc(-c2ccc(Cl)c(C)c2)c(F)cc1N(c1ccon1)S(=O)(=O)c1ccc2c[nH]c(=O)cc2c1. The van der Waals surface area contributed by atoms with E-state index in [2.05, 4.69) is 10.1 Å². The first-order chi connectivity index (χ1) is 17.7. The summed E-state index contributed by atoms with van der Waals surface area (Å²) >= 11 is 6.12. The van der Waals surface area contributed by atoms with Crippen LogP contribution in [0.3, 0.4) is 0 Å². The monoisotopic (exact) mass is 539 g/mol. The second-order valence-corrected chi connectivity index (χ2v) is 10.4. The molecule has 0 atom stereocenters. The van der Waals surface area contributed by atoms with Gasteiger partial charge in [0.05, 0.1) is 12.0 Å². The molecular formula is C26H19ClFN3O5S. The molecule has 0 aliphatic carbocycles. The maximum absolute atomic E-state index is 15.5. The zero-order valence-corrected chi connectivity index (χ0v) is 21.1. The molecule has 37 heavy (non-hydrogen) atoms. The first kappa shape index (κ1) is 24.5. The minimum atomic E-state index is -4.39. The average Bonchev–Trinajstić information content (AvgIpc) is 3.39. The van der Waals surface area contributed by atoms with Gasteiger partial charge in [-0.15, -0.1) is 0 Å². The van der Waals surface area contributed by atoms with Crippen LogP contribution in [0.4, 0.5) is 15.9 Å². The summed E-state index contributed by atoms with van der Waals surface area (Å²) in [5.74, 6) is -0.724. The number of aryl methyl sites for hydroxylation is 1. The highest BCUT2D eigenvalue weighted by Gasteiger charge is 2.32. The molecule has 0 saturated carbocycles. The zero-order valence-electron chi connectivity index (χ0n) is 19.5. The van der Waals surface area contributed by atoms with Crippen LogP contribution in [0.15, 0.2) is 87.3 Å². The number of H-pyrrole nitrogens is 1. The number of fused-ring (bicyclic) bond motifs is 1. The van der Waals surface area contributed by atoms with E-state index in [1.165, 1.54) is 49.9 Å². The Balaban J connectivity index is 1.71. The number of halogens is 2. The molecule has 0 amide bonds. The lowest BCUT2D eigenvalue weighted by Gasteiger charge is -2.24. The first-order valence-corrected chi connectivity index (χ1v) is 12.7. The van der Waals surface area contributed by atoms with E-state index < -0.39 is 15.8 Å². The second-order valence-electron chi connectivity index (χ2n) is 8.18. The molecule has 2 heterocycles. The lowest BCUT2D eigenvalue weighted by Crippen LogP contribution is -2.27. The Hall–Kier alpha value is -4.15. The van der Waals surface area contributed by atoms with Gasteiger partial charge < -0.3 is 14.2 Å². The number of rotatable bonds is 6. The molecule has 0 unspecified atom stereocenters. The summed E-state index contributed by atoms with van der Waals surface area (Å²) in [6.45, 7) is 1.80. The molecule has 0 saturated heterocycles. The smallest absolute Gasteiger partial charge is 0.270 e. The lowest BCUT2D eigenvalue weighted by molar-refractivity contribution is 0.413. The molecule has 0 radical (unpaired) electrons. The van der Waals surface area contributed by atoms with Crippen LogP contribution in [0.25, 0.3) is 21.9 Å². The van der Waals surface area contributed by atoms with Gasteiger partial charge in [0, 0.05) is 35.0 Å². The van der Waals surface area contributed by atoms with E-state index in [0.29, 0.717) is 21.4 Å². The predicted octanol–water partition coefficient (Wildman–Crippen LogP) is 5.82. The Morgan fingerprint density at radius 3 is 2.57 bits per heavy atom. The lowest BCUT2D eigenvalue weighted by atomic mass is 10.0. The van der Waals surface area contributed by atoms with Crippen molar-refractivity contribution in [3.63, 3.8) is 0 Å². The van der Waals surface area contributed by atoms with Crippen LogP contribution in [0.2, 0.25) is 5.02 Å². The van der Waals surface area contributed by atoms with Gasteiger partial charge in [0.2, 0.25) is 5.56 Å². The van der Waals surface area contributed by atoms with Crippen LogP contribution in [-0.2, 0) is 10.0 Å². The minimum Gasteiger partial charge on any atom is -0.495 e. The van der Waals surface area contributed by atoms with Gasteiger partial charge in [-0.05, 0) is 59.2 Å². The van der Waals surface area contributed by atoms with Crippen molar-refractivity contribution in [1.82, 2.24) is 10.1 Å². The van der Waals surface area contributed by atoms with E-state index in [0.717, 1.165) is 15.9 Å². The van der Waals surface area contributed by atoms with Crippen molar-refractivity contribution in [2.75, 3.05) is 11.4 Å². The number of aromatic amines is 1. The zero-order chi connectivity index (χ0) is 26.3. The maximum Gasteiger partial charge on any atom is 0.270 e. The largest absolute Gasteiger partial charge is 0.495 e. The summed E-state index contributed by atoms with van der Waals surface area (Å²) in [6.07, 6.45) is 2.69. The van der Waals surface area contributed by atoms with Crippen LogP contribution >= 0.6 is 11.6 Å². The summed E-state index contributed by atoms with van der Waals surface area (Å²) in [6, 6.07) is 14.4. The highest BCUT2D eigenvalue weighted by Crippen LogP contribution is 2.42. The standard InChI is InChI=1S/C26H19ClFN3O5S/c1-15-9-16(4-6-21(15)27)20-12-24(35-2)23(13-22(20)28)31(25-7-8-36-30-25)37(33,34)19-5-3-17-14-29-26(32)11-18(17)10-19/h3-14H,1-2H3,(H,29,32). The van der Waals surface area contributed by atoms with E-state index in [1.807, 2.05) is 0 Å². The van der Waals surface area contributed by atoms with Gasteiger partial charge >= 0.3 is 0 Å². The number of nitrogens with one attached hydrogen (secondary N) is 1. The summed E-state index contributed by atoms with van der Waals surface area (Å²) in [5, 5.41) is 5.38. The molecule has 188 valence electrons. The molecule has 0 spiro atoms. The number of ether oxygens (including phenoxy) is 1.